The van der Waals surface area contributed by atoms with E-state index < -0.39 is 0 Å². The van der Waals surface area contributed by atoms with Crippen LogP contribution in [0.3, 0.4) is 0 Å². The lowest BCUT2D eigenvalue weighted by Crippen LogP contribution is -2.24. The predicted octanol–water partition coefficient (Wildman–Crippen LogP) is 0.874. The molecular formula is C13H18N2O2. The first-order valence-electron chi connectivity index (χ1n) is 5.47. The molecule has 0 saturated heterocycles. The fourth-order valence-corrected chi connectivity index (χ4v) is 1.29. The number of carbonyl (C=O) groups is 1. The van der Waals surface area contributed by atoms with Crippen LogP contribution in [0.25, 0.3) is 6.08 Å². The summed E-state index contributed by atoms with van der Waals surface area (Å²) in [5.74, 6) is -0.198. The Kier molecular flexibility index (Phi) is 5.23. The molecule has 17 heavy (non-hydrogen) atoms. The second-order valence-corrected chi connectivity index (χ2v) is 3.83. The van der Waals surface area contributed by atoms with Crippen LogP contribution in [0.1, 0.15) is 5.56 Å². The smallest absolute Gasteiger partial charge is 0.244 e. The van der Waals surface area contributed by atoms with Gasteiger partial charge in [-0.2, -0.15) is 0 Å². The molecule has 0 unspecified atom stereocenters. The number of hydrogen-bond donors (Lipinski definition) is 2. The zero-order valence-electron chi connectivity index (χ0n) is 10.2. The standard InChI is InChI=1S/C13H18N2O2/c1-15(2)12-6-3-11(4-7-12)5-8-13(17)14-9-10-16/h3-8,16H,9-10H2,1-2H3,(H,14,17)/b8-5+. The Morgan fingerprint density at radius 1 is 1.35 bits per heavy atom. The molecule has 0 aliphatic carbocycles. The van der Waals surface area contributed by atoms with Crippen molar-refractivity contribution in [3.05, 3.63) is 35.9 Å². The average molecular weight is 234 g/mol. The van der Waals surface area contributed by atoms with Crippen molar-refractivity contribution < 1.29 is 9.90 Å². The molecule has 0 saturated carbocycles. The van der Waals surface area contributed by atoms with Gasteiger partial charge in [0.1, 0.15) is 0 Å². The summed E-state index contributed by atoms with van der Waals surface area (Å²) in [6.07, 6.45) is 3.20. The normalized spacial score (nSPS) is 10.5. The topological polar surface area (TPSA) is 52.6 Å². The van der Waals surface area contributed by atoms with E-state index >= 15 is 0 Å². The molecular weight excluding hydrogens is 216 g/mol. The zero-order chi connectivity index (χ0) is 12.7. The van der Waals surface area contributed by atoms with Gasteiger partial charge >= 0.3 is 0 Å². The van der Waals surface area contributed by atoms with Gasteiger partial charge in [-0.25, -0.2) is 0 Å². The molecule has 0 radical (unpaired) electrons. The molecule has 1 aromatic carbocycles. The summed E-state index contributed by atoms with van der Waals surface area (Å²) >= 11 is 0. The van der Waals surface area contributed by atoms with Crippen molar-refractivity contribution in [1.29, 1.82) is 0 Å². The Hall–Kier alpha value is -1.81. The third kappa shape index (κ3) is 4.70. The maximum Gasteiger partial charge on any atom is 0.244 e. The van der Waals surface area contributed by atoms with Crippen molar-refractivity contribution in [2.24, 2.45) is 0 Å². The SMILES string of the molecule is CN(C)c1ccc(/C=C/C(=O)NCCO)cc1. The van der Waals surface area contributed by atoms with E-state index in [0.29, 0.717) is 0 Å². The highest BCUT2D eigenvalue weighted by atomic mass is 16.3. The Bertz CT molecular complexity index is 383. The van der Waals surface area contributed by atoms with Gasteiger partial charge in [0.25, 0.3) is 0 Å². The van der Waals surface area contributed by atoms with Gasteiger partial charge in [0.15, 0.2) is 0 Å². The van der Waals surface area contributed by atoms with Crippen molar-refractivity contribution in [1.82, 2.24) is 5.32 Å². The molecule has 0 heterocycles. The number of aliphatic hydroxyl groups excluding tert-OH is 1. The van der Waals surface area contributed by atoms with E-state index in [4.69, 9.17) is 5.11 Å². The number of hydrogen-bond acceptors (Lipinski definition) is 3. The van der Waals surface area contributed by atoms with Gasteiger partial charge in [-0.15, -0.1) is 0 Å². The van der Waals surface area contributed by atoms with Gasteiger partial charge in [0, 0.05) is 32.4 Å². The maximum atomic E-state index is 11.2. The van der Waals surface area contributed by atoms with Gasteiger partial charge in [0.05, 0.1) is 6.61 Å². The first-order valence-corrected chi connectivity index (χ1v) is 5.47. The zero-order valence-corrected chi connectivity index (χ0v) is 10.2. The van der Waals surface area contributed by atoms with E-state index in [1.54, 1.807) is 6.08 Å². The summed E-state index contributed by atoms with van der Waals surface area (Å²) in [4.78, 5) is 13.2. The molecule has 1 rings (SSSR count). The van der Waals surface area contributed by atoms with E-state index in [-0.39, 0.29) is 19.1 Å². The van der Waals surface area contributed by atoms with Crippen LogP contribution in [0.2, 0.25) is 0 Å². The minimum Gasteiger partial charge on any atom is -0.395 e. The van der Waals surface area contributed by atoms with E-state index in [9.17, 15) is 4.79 Å². The molecule has 1 aromatic rings. The fourth-order valence-electron chi connectivity index (χ4n) is 1.29. The summed E-state index contributed by atoms with van der Waals surface area (Å²) in [6, 6.07) is 7.88. The van der Waals surface area contributed by atoms with Gasteiger partial charge in [-0.05, 0) is 23.8 Å². The third-order valence-corrected chi connectivity index (χ3v) is 2.25. The second kappa shape index (κ2) is 6.70. The average Bonchev–Trinajstić information content (AvgIpc) is 2.34. The van der Waals surface area contributed by atoms with Crippen molar-refractivity contribution >= 4 is 17.7 Å². The molecule has 0 aliphatic heterocycles. The molecule has 0 fully saturated rings. The second-order valence-electron chi connectivity index (χ2n) is 3.83. The van der Waals surface area contributed by atoms with Gasteiger partial charge in [-0.3, -0.25) is 4.79 Å². The van der Waals surface area contributed by atoms with E-state index in [0.717, 1.165) is 11.3 Å². The quantitative estimate of drug-likeness (QED) is 0.743. The lowest BCUT2D eigenvalue weighted by Gasteiger charge is -2.11. The first kappa shape index (κ1) is 13.3. The van der Waals surface area contributed by atoms with Crippen molar-refractivity contribution in [2.75, 3.05) is 32.1 Å². The molecule has 0 atom stereocenters. The molecule has 0 aliphatic rings. The number of anilines is 1. The van der Waals surface area contributed by atoms with Crippen LogP contribution in [0.5, 0.6) is 0 Å². The third-order valence-electron chi connectivity index (χ3n) is 2.25. The van der Waals surface area contributed by atoms with Crippen LogP contribution < -0.4 is 10.2 Å². The van der Waals surface area contributed by atoms with Crippen molar-refractivity contribution in [3.8, 4) is 0 Å². The highest BCUT2D eigenvalue weighted by Crippen LogP contribution is 2.12. The maximum absolute atomic E-state index is 11.2. The fraction of sp³-hybridized carbons (Fsp3) is 0.308. The molecule has 1 amide bonds. The van der Waals surface area contributed by atoms with Gasteiger partial charge < -0.3 is 15.3 Å². The van der Waals surface area contributed by atoms with Gasteiger partial charge in [0.2, 0.25) is 5.91 Å². The Balaban J connectivity index is 2.56. The summed E-state index contributed by atoms with van der Waals surface area (Å²) in [7, 11) is 3.96. The van der Waals surface area contributed by atoms with Crippen LogP contribution in [-0.4, -0.2) is 38.3 Å². The van der Waals surface area contributed by atoms with E-state index in [2.05, 4.69) is 5.32 Å². The number of amides is 1. The monoisotopic (exact) mass is 234 g/mol. The molecule has 0 spiro atoms. The number of benzene rings is 1. The molecule has 0 bridgehead atoms. The van der Waals surface area contributed by atoms with Crippen LogP contribution in [0.15, 0.2) is 30.3 Å². The summed E-state index contributed by atoms with van der Waals surface area (Å²) in [5.41, 5.74) is 2.08. The summed E-state index contributed by atoms with van der Waals surface area (Å²) < 4.78 is 0. The highest BCUT2D eigenvalue weighted by molar-refractivity contribution is 5.91. The molecule has 4 heteroatoms. The number of nitrogens with one attached hydrogen (secondary N) is 1. The summed E-state index contributed by atoms with van der Waals surface area (Å²) in [5, 5.41) is 11.1. The molecule has 2 N–H and O–H groups in total. The first-order chi connectivity index (χ1) is 8.13. The largest absolute Gasteiger partial charge is 0.395 e. The van der Waals surface area contributed by atoms with Crippen LogP contribution >= 0.6 is 0 Å². The van der Waals surface area contributed by atoms with Crippen molar-refractivity contribution in [2.45, 2.75) is 0 Å². The van der Waals surface area contributed by atoms with Crippen LogP contribution in [0.4, 0.5) is 5.69 Å². The minimum absolute atomic E-state index is 0.0445. The van der Waals surface area contributed by atoms with E-state index in [1.165, 1.54) is 6.08 Å². The number of nitrogens with zero attached hydrogens (tertiary/aromatic N) is 1. The van der Waals surface area contributed by atoms with E-state index in [1.807, 2.05) is 43.3 Å². The predicted molar refractivity (Wildman–Crippen MR) is 69.9 cm³/mol. The Labute approximate surface area is 102 Å². The highest BCUT2D eigenvalue weighted by Gasteiger charge is 1.95. The Morgan fingerprint density at radius 2 is 2.00 bits per heavy atom. The Morgan fingerprint density at radius 3 is 2.53 bits per heavy atom. The summed E-state index contributed by atoms with van der Waals surface area (Å²) in [6.45, 7) is 0.236. The van der Waals surface area contributed by atoms with Gasteiger partial charge in [-0.1, -0.05) is 12.1 Å². The van der Waals surface area contributed by atoms with Crippen molar-refractivity contribution in [3.63, 3.8) is 0 Å². The molecule has 4 nitrogen and oxygen atoms in total. The number of rotatable bonds is 5. The van der Waals surface area contributed by atoms with Crippen LogP contribution in [-0.2, 0) is 4.79 Å². The number of aliphatic hydroxyl groups is 1. The van der Waals surface area contributed by atoms with Crippen LogP contribution in [0, 0.1) is 0 Å². The molecule has 0 aromatic heterocycles. The number of carbonyl (C=O) groups excluding carboxylic acids is 1. The lowest BCUT2D eigenvalue weighted by molar-refractivity contribution is -0.116. The molecule has 92 valence electrons. The lowest BCUT2D eigenvalue weighted by atomic mass is 10.2. The minimum atomic E-state index is -0.198.